The third-order valence-corrected chi connectivity index (χ3v) is 5.80. The van der Waals surface area contributed by atoms with Crippen molar-refractivity contribution in [1.29, 1.82) is 0 Å². The molecule has 0 amide bonds. The average molecular weight is 418 g/mol. The maximum absolute atomic E-state index is 11.9. The monoisotopic (exact) mass is 417 g/mol. The first-order chi connectivity index (χ1) is 14.6. The van der Waals surface area contributed by atoms with Gasteiger partial charge in [-0.15, -0.1) is 11.3 Å². The highest BCUT2D eigenvalue weighted by Gasteiger charge is 2.14. The van der Waals surface area contributed by atoms with E-state index in [1.165, 1.54) is 5.56 Å². The van der Waals surface area contributed by atoms with Crippen molar-refractivity contribution in [2.24, 2.45) is 0 Å². The van der Waals surface area contributed by atoms with Crippen molar-refractivity contribution in [2.75, 3.05) is 11.9 Å². The summed E-state index contributed by atoms with van der Waals surface area (Å²) in [7, 11) is 0. The molecule has 2 heterocycles. The van der Waals surface area contributed by atoms with E-state index in [9.17, 15) is 4.79 Å². The molecule has 1 N–H and O–H groups in total. The first kappa shape index (κ1) is 20.0. The molecule has 0 fully saturated rings. The van der Waals surface area contributed by atoms with Crippen molar-refractivity contribution in [1.82, 2.24) is 9.97 Å². The van der Waals surface area contributed by atoms with E-state index in [0.29, 0.717) is 18.1 Å². The smallest absolute Gasteiger partial charge is 0.338 e. The third-order valence-electron chi connectivity index (χ3n) is 4.92. The minimum atomic E-state index is -0.321. The van der Waals surface area contributed by atoms with Gasteiger partial charge in [0, 0.05) is 16.6 Å². The van der Waals surface area contributed by atoms with E-state index in [-0.39, 0.29) is 5.97 Å². The van der Waals surface area contributed by atoms with Crippen LogP contribution in [0.4, 0.5) is 11.5 Å². The van der Waals surface area contributed by atoms with Crippen molar-refractivity contribution in [3.05, 3.63) is 71.4 Å². The van der Waals surface area contributed by atoms with Gasteiger partial charge in [-0.25, -0.2) is 14.8 Å². The largest absolute Gasteiger partial charge is 0.462 e. The number of benzene rings is 2. The molecule has 0 radical (unpaired) electrons. The van der Waals surface area contributed by atoms with Gasteiger partial charge < -0.3 is 10.1 Å². The van der Waals surface area contributed by atoms with E-state index in [1.54, 1.807) is 36.7 Å². The lowest BCUT2D eigenvalue weighted by Crippen LogP contribution is -2.04. The van der Waals surface area contributed by atoms with Gasteiger partial charge in [-0.1, -0.05) is 38.1 Å². The summed E-state index contributed by atoms with van der Waals surface area (Å²) in [5.74, 6) is 0.919. The molecule has 0 atom stereocenters. The fourth-order valence-electron chi connectivity index (χ4n) is 3.27. The maximum Gasteiger partial charge on any atom is 0.338 e. The summed E-state index contributed by atoms with van der Waals surface area (Å²) < 4.78 is 5.04. The molecule has 0 spiro atoms. The van der Waals surface area contributed by atoms with Crippen molar-refractivity contribution < 1.29 is 9.53 Å². The van der Waals surface area contributed by atoms with E-state index < -0.39 is 0 Å². The molecular formula is C24H23N3O2S. The summed E-state index contributed by atoms with van der Waals surface area (Å²) in [4.78, 5) is 21.7. The van der Waals surface area contributed by atoms with Crippen LogP contribution in [-0.2, 0) is 4.74 Å². The Morgan fingerprint density at radius 3 is 2.47 bits per heavy atom. The molecular weight excluding hydrogens is 394 g/mol. The Hall–Kier alpha value is -3.25. The molecule has 152 valence electrons. The number of esters is 1. The second-order valence-electron chi connectivity index (χ2n) is 7.25. The van der Waals surface area contributed by atoms with Gasteiger partial charge in [0.1, 0.15) is 17.0 Å². The third kappa shape index (κ3) is 4.04. The zero-order valence-electron chi connectivity index (χ0n) is 17.2. The SMILES string of the molecule is CCOC(=O)c1ccc(Nc2ncnc3scc(-c4ccc(C(C)C)cc4)c23)cc1. The van der Waals surface area contributed by atoms with Gasteiger partial charge in [0.25, 0.3) is 0 Å². The lowest BCUT2D eigenvalue weighted by atomic mass is 9.99. The average Bonchev–Trinajstić information content (AvgIpc) is 3.20. The van der Waals surface area contributed by atoms with Crippen LogP contribution < -0.4 is 5.32 Å². The minimum Gasteiger partial charge on any atom is -0.462 e. The zero-order chi connectivity index (χ0) is 21.1. The number of carbonyl (C=O) groups excluding carboxylic acids is 1. The Balaban J connectivity index is 1.67. The molecule has 4 aromatic rings. The summed E-state index contributed by atoms with van der Waals surface area (Å²) in [6.45, 7) is 6.54. The van der Waals surface area contributed by atoms with Crippen molar-refractivity contribution >= 4 is 39.0 Å². The van der Waals surface area contributed by atoms with Gasteiger partial charge in [-0.2, -0.15) is 0 Å². The maximum atomic E-state index is 11.9. The van der Waals surface area contributed by atoms with Gasteiger partial charge in [0.05, 0.1) is 17.6 Å². The molecule has 6 heteroatoms. The fraction of sp³-hybridized carbons (Fsp3) is 0.208. The number of ether oxygens (including phenoxy) is 1. The molecule has 30 heavy (non-hydrogen) atoms. The normalized spacial score (nSPS) is 11.1. The number of nitrogens with zero attached hydrogens (tertiary/aromatic N) is 2. The first-order valence-electron chi connectivity index (χ1n) is 9.93. The molecule has 0 unspecified atom stereocenters. The predicted molar refractivity (Wildman–Crippen MR) is 123 cm³/mol. The van der Waals surface area contributed by atoms with Crippen LogP contribution in [0.3, 0.4) is 0 Å². The highest BCUT2D eigenvalue weighted by Crippen LogP contribution is 2.37. The lowest BCUT2D eigenvalue weighted by Gasteiger charge is -2.10. The summed E-state index contributed by atoms with van der Waals surface area (Å²) in [5, 5.41) is 6.49. The van der Waals surface area contributed by atoms with Gasteiger partial charge in [-0.3, -0.25) is 0 Å². The predicted octanol–water partition coefficient (Wildman–Crippen LogP) is 6.40. The number of aromatic nitrogens is 2. The van der Waals surface area contributed by atoms with E-state index in [2.05, 4.69) is 58.8 Å². The summed E-state index contributed by atoms with van der Waals surface area (Å²) >= 11 is 1.60. The van der Waals surface area contributed by atoms with Gasteiger partial charge in [-0.05, 0) is 48.2 Å². The Morgan fingerprint density at radius 2 is 1.80 bits per heavy atom. The van der Waals surface area contributed by atoms with Crippen LogP contribution in [0.15, 0.2) is 60.2 Å². The molecule has 0 aliphatic rings. The molecule has 5 nitrogen and oxygen atoms in total. The Morgan fingerprint density at radius 1 is 1.07 bits per heavy atom. The van der Waals surface area contributed by atoms with E-state index >= 15 is 0 Å². The Labute approximate surface area is 179 Å². The first-order valence-corrected chi connectivity index (χ1v) is 10.8. The number of anilines is 2. The molecule has 2 aromatic carbocycles. The number of carbonyl (C=O) groups is 1. The standard InChI is InChI=1S/C24H23N3O2S/c1-4-29-24(28)18-9-11-19(12-10-18)27-22-21-20(13-30-23(21)26-14-25-22)17-7-5-16(6-8-17)15(2)3/h5-15H,4H2,1-3H3,(H,25,26,27). The summed E-state index contributed by atoms with van der Waals surface area (Å²) in [6.07, 6.45) is 1.57. The van der Waals surface area contributed by atoms with Gasteiger partial charge in [0.15, 0.2) is 0 Å². The van der Waals surface area contributed by atoms with Crippen molar-refractivity contribution in [3.63, 3.8) is 0 Å². The number of hydrogen-bond donors (Lipinski definition) is 1. The van der Waals surface area contributed by atoms with Crippen LogP contribution in [0, 0.1) is 0 Å². The highest BCUT2D eigenvalue weighted by atomic mass is 32.1. The molecule has 0 saturated heterocycles. The van der Waals surface area contributed by atoms with Gasteiger partial charge in [0.2, 0.25) is 0 Å². The van der Waals surface area contributed by atoms with Crippen LogP contribution in [0.5, 0.6) is 0 Å². The Kier molecular flexibility index (Phi) is 5.77. The molecule has 0 bridgehead atoms. The second kappa shape index (κ2) is 8.63. The van der Waals surface area contributed by atoms with Crippen molar-refractivity contribution in [3.8, 4) is 11.1 Å². The molecule has 4 rings (SSSR count). The van der Waals surface area contributed by atoms with Crippen LogP contribution in [0.2, 0.25) is 0 Å². The highest BCUT2D eigenvalue weighted by molar-refractivity contribution is 7.17. The molecule has 0 saturated carbocycles. The fourth-order valence-corrected chi connectivity index (χ4v) is 4.19. The summed E-state index contributed by atoms with van der Waals surface area (Å²) in [5.41, 5.74) is 4.93. The number of fused-ring (bicyclic) bond motifs is 1. The number of hydrogen-bond acceptors (Lipinski definition) is 6. The lowest BCUT2D eigenvalue weighted by molar-refractivity contribution is 0.0526. The van der Waals surface area contributed by atoms with Crippen molar-refractivity contribution in [2.45, 2.75) is 26.7 Å². The zero-order valence-corrected chi connectivity index (χ0v) is 18.0. The van der Waals surface area contributed by atoms with Crippen LogP contribution in [0.25, 0.3) is 21.3 Å². The number of rotatable bonds is 6. The van der Waals surface area contributed by atoms with Crippen LogP contribution in [-0.4, -0.2) is 22.5 Å². The summed E-state index contributed by atoms with van der Waals surface area (Å²) in [6, 6.07) is 15.9. The second-order valence-corrected chi connectivity index (χ2v) is 8.11. The van der Waals surface area contributed by atoms with Gasteiger partial charge >= 0.3 is 5.97 Å². The van der Waals surface area contributed by atoms with E-state index in [1.807, 2.05) is 12.1 Å². The van der Waals surface area contributed by atoms with Crippen LogP contribution >= 0.6 is 11.3 Å². The van der Waals surface area contributed by atoms with Crippen LogP contribution in [0.1, 0.15) is 42.6 Å². The van der Waals surface area contributed by atoms with E-state index in [4.69, 9.17) is 4.74 Å². The molecule has 0 aliphatic heterocycles. The quantitative estimate of drug-likeness (QED) is 0.368. The number of thiophene rings is 1. The van der Waals surface area contributed by atoms with E-state index in [0.717, 1.165) is 32.8 Å². The molecule has 2 aromatic heterocycles. The molecule has 0 aliphatic carbocycles. The topological polar surface area (TPSA) is 64.1 Å². The minimum absolute atomic E-state index is 0.321. The number of nitrogens with one attached hydrogen (secondary N) is 1. The Bertz CT molecular complexity index is 1170.